The summed E-state index contributed by atoms with van der Waals surface area (Å²) >= 11 is 0. The van der Waals surface area contributed by atoms with Gasteiger partial charge in [-0.25, -0.2) is 0 Å². The van der Waals surface area contributed by atoms with Crippen molar-refractivity contribution < 1.29 is 9.21 Å². The predicted octanol–water partition coefficient (Wildman–Crippen LogP) is 3.91. The molecule has 2 aromatic heterocycles. The average molecular weight is 417 g/mol. The molecule has 0 saturated carbocycles. The molecule has 8 heteroatoms. The van der Waals surface area contributed by atoms with Crippen molar-refractivity contribution in [2.45, 2.75) is 39.0 Å². The zero-order valence-corrected chi connectivity index (χ0v) is 17.2. The molecule has 0 fully saturated rings. The minimum Gasteiger partial charge on any atom is -0.449 e. The predicted molar refractivity (Wildman–Crippen MR) is 118 cm³/mol. The van der Waals surface area contributed by atoms with Crippen LogP contribution in [-0.4, -0.2) is 26.4 Å². The molecule has 0 radical (unpaired) electrons. The van der Waals surface area contributed by atoms with Crippen LogP contribution in [0.2, 0.25) is 0 Å². The number of ketones is 1. The fourth-order valence-corrected chi connectivity index (χ4v) is 3.57. The van der Waals surface area contributed by atoms with Gasteiger partial charge in [0.05, 0.1) is 10.9 Å². The number of tetrazole rings is 1. The van der Waals surface area contributed by atoms with E-state index in [4.69, 9.17) is 10.2 Å². The van der Waals surface area contributed by atoms with Crippen molar-refractivity contribution in [3.05, 3.63) is 69.4 Å². The van der Waals surface area contributed by atoms with E-state index in [9.17, 15) is 9.59 Å². The maximum absolute atomic E-state index is 13.2. The molecule has 158 valence electrons. The van der Waals surface area contributed by atoms with Gasteiger partial charge in [0.1, 0.15) is 11.3 Å². The van der Waals surface area contributed by atoms with Crippen LogP contribution in [0.5, 0.6) is 0 Å². The van der Waals surface area contributed by atoms with Crippen LogP contribution in [0.4, 0.5) is 5.69 Å². The SMILES string of the molecule is CCCCCCc1ccc(C(=O)c2cccc3c(=O)c(N)c(-c4nn[nH]n4)oc23)cc1. The van der Waals surface area contributed by atoms with Crippen molar-refractivity contribution in [3.8, 4) is 11.6 Å². The second-order valence-corrected chi connectivity index (χ2v) is 7.43. The van der Waals surface area contributed by atoms with Crippen LogP contribution in [0.3, 0.4) is 0 Å². The summed E-state index contributed by atoms with van der Waals surface area (Å²) in [6, 6.07) is 12.4. The topological polar surface area (TPSA) is 128 Å². The Morgan fingerprint density at radius 2 is 1.90 bits per heavy atom. The van der Waals surface area contributed by atoms with Crippen LogP contribution in [0.1, 0.15) is 54.1 Å². The molecule has 0 saturated heterocycles. The van der Waals surface area contributed by atoms with Gasteiger partial charge in [0, 0.05) is 5.56 Å². The number of rotatable bonds is 8. The first-order chi connectivity index (χ1) is 15.1. The van der Waals surface area contributed by atoms with Gasteiger partial charge in [-0.1, -0.05) is 56.5 Å². The molecule has 2 aromatic carbocycles. The highest BCUT2D eigenvalue weighted by atomic mass is 16.3. The van der Waals surface area contributed by atoms with Crippen LogP contribution in [0, 0.1) is 0 Å². The van der Waals surface area contributed by atoms with Crippen molar-refractivity contribution >= 4 is 22.4 Å². The Morgan fingerprint density at radius 3 is 2.61 bits per heavy atom. The molecule has 0 unspecified atom stereocenters. The number of aromatic amines is 1. The summed E-state index contributed by atoms with van der Waals surface area (Å²) < 4.78 is 5.86. The highest BCUT2D eigenvalue weighted by Gasteiger charge is 2.21. The number of nitrogens with two attached hydrogens (primary N) is 1. The lowest BCUT2D eigenvalue weighted by atomic mass is 9.98. The van der Waals surface area contributed by atoms with Gasteiger partial charge in [-0.2, -0.15) is 5.21 Å². The molecule has 0 spiro atoms. The van der Waals surface area contributed by atoms with E-state index in [1.165, 1.54) is 24.8 Å². The minimum absolute atomic E-state index is 0.0195. The lowest BCUT2D eigenvalue weighted by Gasteiger charge is -2.08. The fraction of sp³-hybridized carbons (Fsp3) is 0.261. The summed E-state index contributed by atoms with van der Waals surface area (Å²) in [4.78, 5) is 26.0. The second-order valence-electron chi connectivity index (χ2n) is 7.43. The summed E-state index contributed by atoms with van der Waals surface area (Å²) in [6.45, 7) is 2.19. The number of para-hydroxylation sites is 1. The number of nitrogens with one attached hydrogen (secondary N) is 1. The largest absolute Gasteiger partial charge is 0.449 e. The molecule has 2 heterocycles. The number of carbonyl (C=O) groups is 1. The van der Waals surface area contributed by atoms with E-state index in [0.29, 0.717) is 5.56 Å². The highest BCUT2D eigenvalue weighted by molar-refractivity contribution is 6.15. The third-order valence-electron chi connectivity index (χ3n) is 5.28. The molecule has 0 atom stereocenters. The summed E-state index contributed by atoms with van der Waals surface area (Å²) in [5.74, 6) is -0.213. The van der Waals surface area contributed by atoms with Crippen LogP contribution in [-0.2, 0) is 6.42 Å². The Kier molecular flexibility index (Phi) is 5.88. The summed E-state index contributed by atoms with van der Waals surface area (Å²) in [6.07, 6.45) is 5.77. The van der Waals surface area contributed by atoms with Gasteiger partial charge in [-0.3, -0.25) is 9.59 Å². The molecule has 31 heavy (non-hydrogen) atoms. The Labute approximate surface area is 178 Å². The van der Waals surface area contributed by atoms with Crippen molar-refractivity contribution in [1.29, 1.82) is 0 Å². The lowest BCUT2D eigenvalue weighted by Crippen LogP contribution is -2.12. The van der Waals surface area contributed by atoms with E-state index in [1.54, 1.807) is 18.2 Å². The van der Waals surface area contributed by atoms with Crippen molar-refractivity contribution in [2.24, 2.45) is 0 Å². The second kappa shape index (κ2) is 8.91. The Bertz CT molecular complexity index is 1260. The number of hydrogen-bond donors (Lipinski definition) is 2. The summed E-state index contributed by atoms with van der Waals surface area (Å²) in [7, 11) is 0. The van der Waals surface area contributed by atoms with Crippen LogP contribution in [0.15, 0.2) is 51.7 Å². The summed E-state index contributed by atoms with van der Waals surface area (Å²) in [5.41, 5.74) is 7.50. The molecule has 3 N–H and O–H groups in total. The smallest absolute Gasteiger partial charge is 0.242 e. The zero-order chi connectivity index (χ0) is 21.8. The van der Waals surface area contributed by atoms with Gasteiger partial charge in [0.2, 0.25) is 17.0 Å². The molecule has 4 rings (SSSR count). The summed E-state index contributed by atoms with van der Waals surface area (Å²) in [5, 5.41) is 13.7. The van der Waals surface area contributed by atoms with E-state index in [-0.39, 0.29) is 39.6 Å². The van der Waals surface area contributed by atoms with E-state index in [1.807, 2.05) is 24.3 Å². The molecule has 0 aliphatic carbocycles. The maximum Gasteiger partial charge on any atom is 0.242 e. The number of fused-ring (bicyclic) bond motifs is 1. The van der Waals surface area contributed by atoms with Crippen molar-refractivity contribution in [1.82, 2.24) is 20.6 Å². The average Bonchev–Trinajstić information content (AvgIpc) is 3.33. The normalized spacial score (nSPS) is 11.1. The van der Waals surface area contributed by atoms with Crippen molar-refractivity contribution in [3.63, 3.8) is 0 Å². The number of carbonyl (C=O) groups excluding carboxylic acids is 1. The third kappa shape index (κ3) is 4.09. The zero-order valence-electron chi connectivity index (χ0n) is 17.2. The molecular weight excluding hydrogens is 394 g/mol. The number of aromatic nitrogens is 4. The first-order valence-electron chi connectivity index (χ1n) is 10.3. The van der Waals surface area contributed by atoms with Gasteiger partial charge in [0.25, 0.3) is 0 Å². The van der Waals surface area contributed by atoms with E-state index in [0.717, 1.165) is 12.8 Å². The number of anilines is 1. The number of aryl methyl sites for hydroxylation is 1. The van der Waals surface area contributed by atoms with Crippen LogP contribution >= 0.6 is 0 Å². The molecule has 0 aliphatic rings. The van der Waals surface area contributed by atoms with Crippen molar-refractivity contribution in [2.75, 3.05) is 5.73 Å². The Balaban J connectivity index is 1.69. The number of nitrogens with zero attached hydrogens (tertiary/aromatic N) is 3. The first-order valence-corrected chi connectivity index (χ1v) is 10.3. The van der Waals surface area contributed by atoms with E-state index in [2.05, 4.69) is 27.5 Å². The molecular formula is C23H23N5O3. The Morgan fingerprint density at radius 1 is 1.10 bits per heavy atom. The highest BCUT2D eigenvalue weighted by Crippen LogP contribution is 2.27. The van der Waals surface area contributed by atoms with Gasteiger partial charge in [-0.15, -0.1) is 10.2 Å². The monoisotopic (exact) mass is 417 g/mol. The number of H-pyrrole nitrogens is 1. The number of nitrogen functional groups attached to an aromatic ring is 1. The van der Waals surface area contributed by atoms with Gasteiger partial charge in [0.15, 0.2) is 5.78 Å². The lowest BCUT2D eigenvalue weighted by molar-refractivity contribution is 0.103. The quantitative estimate of drug-likeness (QED) is 0.328. The number of benzene rings is 2. The molecule has 0 amide bonds. The minimum atomic E-state index is -0.446. The molecule has 8 nitrogen and oxygen atoms in total. The molecule has 0 aliphatic heterocycles. The molecule has 0 bridgehead atoms. The van der Waals surface area contributed by atoms with Gasteiger partial charge < -0.3 is 10.2 Å². The van der Waals surface area contributed by atoms with Crippen LogP contribution < -0.4 is 11.2 Å². The third-order valence-corrected chi connectivity index (χ3v) is 5.28. The fourth-order valence-electron chi connectivity index (χ4n) is 3.57. The van der Waals surface area contributed by atoms with E-state index < -0.39 is 5.43 Å². The Hall–Kier alpha value is -3.81. The van der Waals surface area contributed by atoms with Gasteiger partial charge >= 0.3 is 0 Å². The number of hydrogen-bond acceptors (Lipinski definition) is 7. The first kappa shape index (κ1) is 20.5. The number of unbranched alkanes of at least 4 members (excludes halogenated alkanes) is 3. The molecule has 4 aromatic rings. The van der Waals surface area contributed by atoms with Crippen LogP contribution in [0.25, 0.3) is 22.6 Å². The van der Waals surface area contributed by atoms with Gasteiger partial charge in [-0.05, 0) is 35.8 Å². The standard InChI is InChI=1S/C23H23N5O3/c1-2-3-4-5-7-14-10-12-15(13-11-14)19(29)16-8-6-9-17-20(30)18(24)22(31-21(16)17)23-25-27-28-26-23/h6,8-13H,2-5,7,24H2,1H3,(H,25,26,27,28). The maximum atomic E-state index is 13.2. The van der Waals surface area contributed by atoms with E-state index >= 15 is 0 Å².